The third-order valence-corrected chi connectivity index (χ3v) is 3.15. The number of nitrogens with one attached hydrogen (secondary N) is 1. The minimum atomic E-state index is -0.601. The SMILES string of the molecule is C[C@H](Cn1cccn1)NC[C@@H](O)COc1ccc(C#N)cc1. The van der Waals surface area contributed by atoms with Gasteiger partial charge in [-0.1, -0.05) is 0 Å². The number of rotatable bonds is 8. The molecular formula is C16H20N4O2. The highest BCUT2D eigenvalue weighted by Crippen LogP contribution is 2.11. The van der Waals surface area contributed by atoms with Crippen LogP contribution >= 0.6 is 0 Å². The first-order chi connectivity index (χ1) is 10.7. The Morgan fingerprint density at radius 2 is 2.18 bits per heavy atom. The lowest BCUT2D eigenvalue weighted by atomic mass is 10.2. The molecule has 0 unspecified atom stereocenters. The molecular weight excluding hydrogens is 280 g/mol. The third kappa shape index (κ3) is 5.20. The van der Waals surface area contributed by atoms with E-state index in [0.717, 1.165) is 6.54 Å². The molecule has 0 fully saturated rings. The first-order valence-electron chi connectivity index (χ1n) is 7.19. The third-order valence-electron chi connectivity index (χ3n) is 3.15. The number of benzene rings is 1. The zero-order valence-electron chi connectivity index (χ0n) is 12.5. The molecule has 1 aromatic heterocycles. The highest BCUT2D eigenvalue weighted by molar-refractivity contribution is 5.34. The van der Waals surface area contributed by atoms with Crippen LogP contribution in [0.3, 0.4) is 0 Å². The zero-order valence-corrected chi connectivity index (χ0v) is 12.5. The molecule has 0 aliphatic heterocycles. The van der Waals surface area contributed by atoms with Gasteiger partial charge in [0.15, 0.2) is 0 Å². The monoisotopic (exact) mass is 300 g/mol. The summed E-state index contributed by atoms with van der Waals surface area (Å²) >= 11 is 0. The van der Waals surface area contributed by atoms with Crippen LogP contribution in [0.1, 0.15) is 12.5 Å². The van der Waals surface area contributed by atoms with Gasteiger partial charge in [0.25, 0.3) is 0 Å². The fraction of sp³-hybridized carbons (Fsp3) is 0.375. The fourth-order valence-corrected chi connectivity index (χ4v) is 1.97. The Morgan fingerprint density at radius 1 is 1.41 bits per heavy atom. The fourth-order valence-electron chi connectivity index (χ4n) is 1.97. The van der Waals surface area contributed by atoms with Gasteiger partial charge in [0.1, 0.15) is 18.5 Å². The van der Waals surface area contributed by atoms with Crippen molar-refractivity contribution in [1.29, 1.82) is 5.26 Å². The highest BCUT2D eigenvalue weighted by atomic mass is 16.5. The standard InChI is InChI=1S/C16H20N4O2/c1-13(11-20-8-2-7-19-20)18-10-15(21)12-22-16-5-3-14(9-17)4-6-16/h2-8,13,15,18,21H,10-12H2,1H3/t13-,15-/m1/s1. The van der Waals surface area contributed by atoms with E-state index in [2.05, 4.69) is 10.4 Å². The van der Waals surface area contributed by atoms with Crippen LogP contribution in [0, 0.1) is 11.3 Å². The molecule has 0 radical (unpaired) electrons. The van der Waals surface area contributed by atoms with Crippen molar-refractivity contribution in [1.82, 2.24) is 15.1 Å². The van der Waals surface area contributed by atoms with E-state index in [-0.39, 0.29) is 12.6 Å². The van der Waals surface area contributed by atoms with Crippen LogP contribution in [0.25, 0.3) is 0 Å². The van der Waals surface area contributed by atoms with Crippen LogP contribution in [0.2, 0.25) is 0 Å². The van der Waals surface area contributed by atoms with Crippen molar-refractivity contribution in [2.24, 2.45) is 0 Å². The Kier molecular flexibility index (Phi) is 5.95. The van der Waals surface area contributed by atoms with Gasteiger partial charge >= 0.3 is 0 Å². The van der Waals surface area contributed by atoms with Gasteiger partial charge in [-0.25, -0.2) is 0 Å². The molecule has 22 heavy (non-hydrogen) atoms. The maximum absolute atomic E-state index is 9.92. The quantitative estimate of drug-likeness (QED) is 0.764. The van der Waals surface area contributed by atoms with Crippen molar-refractivity contribution < 1.29 is 9.84 Å². The molecule has 0 bridgehead atoms. The molecule has 2 N–H and O–H groups in total. The number of aliphatic hydroxyl groups excluding tert-OH is 1. The topological polar surface area (TPSA) is 83.1 Å². The number of nitriles is 1. The number of ether oxygens (including phenoxy) is 1. The maximum Gasteiger partial charge on any atom is 0.119 e. The molecule has 1 aromatic carbocycles. The zero-order chi connectivity index (χ0) is 15.8. The van der Waals surface area contributed by atoms with E-state index in [0.29, 0.717) is 17.9 Å². The van der Waals surface area contributed by atoms with E-state index >= 15 is 0 Å². The Hall–Kier alpha value is -2.36. The summed E-state index contributed by atoms with van der Waals surface area (Å²) in [4.78, 5) is 0. The average Bonchev–Trinajstić information content (AvgIpc) is 3.04. The molecule has 0 saturated carbocycles. The molecule has 0 saturated heterocycles. The van der Waals surface area contributed by atoms with Crippen LogP contribution in [0.15, 0.2) is 42.7 Å². The van der Waals surface area contributed by atoms with Crippen LogP contribution in [0.4, 0.5) is 0 Å². The van der Waals surface area contributed by atoms with Gasteiger partial charge in [0, 0.05) is 25.0 Å². The summed E-state index contributed by atoms with van der Waals surface area (Å²) in [5.74, 6) is 0.641. The summed E-state index contributed by atoms with van der Waals surface area (Å²) in [6.07, 6.45) is 3.05. The van der Waals surface area contributed by atoms with Crippen molar-refractivity contribution in [3.63, 3.8) is 0 Å². The molecule has 2 atom stereocenters. The molecule has 0 amide bonds. The van der Waals surface area contributed by atoms with E-state index in [4.69, 9.17) is 10.00 Å². The normalized spacial score (nSPS) is 13.3. The first-order valence-corrected chi connectivity index (χ1v) is 7.19. The summed E-state index contributed by atoms with van der Waals surface area (Å²) < 4.78 is 7.33. The molecule has 0 spiro atoms. The Bertz CT molecular complexity index is 590. The summed E-state index contributed by atoms with van der Waals surface area (Å²) in [6, 6.07) is 10.9. The molecule has 0 aliphatic carbocycles. The number of hydrogen-bond donors (Lipinski definition) is 2. The van der Waals surface area contributed by atoms with E-state index in [9.17, 15) is 5.11 Å². The minimum Gasteiger partial charge on any atom is -0.491 e. The second kappa shape index (κ2) is 8.17. The van der Waals surface area contributed by atoms with Gasteiger partial charge in [-0.3, -0.25) is 4.68 Å². The minimum absolute atomic E-state index is 0.199. The van der Waals surface area contributed by atoms with Gasteiger partial charge < -0.3 is 15.2 Å². The number of aromatic nitrogens is 2. The molecule has 2 aromatic rings. The lowest BCUT2D eigenvalue weighted by Gasteiger charge is -2.17. The van der Waals surface area contributed by atoms with Gasteiger partial charge in [-0.05, 0) is 37.3 Å². The Balaban J connectivity index is 1.66. The molecule has 6 heteroatoms. The first kappa shape index (κ1) is 16.0. The lowest BCUT2D eigenvalue weighted by molar-refractivity contribution is 0.103. The van der Waals surface area contributed by atoms with Gasteiger partial charge in [0.2, 0.25) is 0 Å². The van der Waals surface area contributed by atoms with E-state index < -0.39 is 6.10 Å². The molecule has 1 heterocycles. The summed E-state index contributed by atoms with van der Waals surface area (Å²) in [5, 5.41) is 26.0. The molecule has 0 aliphatic rings. The number of aliphatic hydroxyl groups is 1. The average molecular weight is 300 g/mol. The van der Waals surface area contributed by atoms with E-state index in [1.807, 2.05) is 29.9 Å². The summed E-state index contributed by atoms with van der Waals surface area (Å²) in [5.41, 5.74) is 0.585. The number of nitrogens with zero attached hydrogens (tertiary/aromatic N) is 3. The van der Waals surface area contributed by atoms with Gasteiger partial charge in [-0.2, -0.15) is 10.4 Å². The van der Waals surface area contributed by atoms with Crippen LogP contribution in [-0.2, 0) is 6.54 Å². The van der Waals surface area contributed by atoms with Crippen molar-refractivity contribution in [3.05, 3.63) is 48.3 Å². The second-order valence-corrected chi connectivity index (χ2v) is 5.14. The lowest BCUT2D eigenvalue weighted by Crippen LogP contribution is -2.38. The Morgan fingerprint density at radius 3 is 2.82 bits per heavy atom. The summed E-state index contributed by atoms with van der Waals surface area (Å²) in [7, 11) is 0. The van der Waals surface area contributed by atoms with Gasteiger partial charge in [0.05, 0.1) is 18.2 Å². The van der Waals surface area contributed by atoms with Crippen LogP contribution < -0.4 is 10.1 Å². The second-order valence-electron chi connectivity index (χ2n) is 5.14. The number of hydrogen-bond acceptors (Lipinski definition) is 5. The predicted molar refractivity (Wildman–Crippen MR) is 82.4 cm³/mol. The molecule has 6 nitrogen and oxygen atoms in total. The molecule has 2 rings (SSSR count). The predicted octanol–water partition coefficient (Wildman–Crippen LogP) is 1.17. The van der Waals surface area contributed by atoms with Crippen molar-refractivity contribution in [3.8, 4) is 11.8 Å². The smallest absolute Gasteiger partial charge is 0.119 e. The molecule has 116 valence electrons. The van der Waals surface area contributed by atoms with Crippen molar-refractivity contribution in [2.75, 3.05) is 13.2 Å². The highest BCUT2D eigenvalue weighted by Gasteiger charge is 2.08. The summed E-state index contributed by atoms with van der Waals surface area (Å²) in [6.45, 7) is 3.43. The van der Waals surface area contributed by atoms with E-state index in [1.54, 1.807) is 30.5 Å². The maximum atomic E-state index is 9.92. The van der Waals surface area contributed by atoms with Gasteiger partial charge in [-0.15, -0.1) is 0 Å². The van der Waals surface area contributed by atoms with E-state index in [1.165, 1.54) is 0 Å². The van der Waals surface area contributed by atoms with Crippen molar-refractivity contribution >= 4 is 0 Å². The van der Waals surface area contributed by atoms with Crippen LogP contribution in [-0.4, -0.2) is 40.2 Å². The van der Waals surface area contributed by atoms with Crippen LogP contribution in [0.5, 0.6) is 5.75 Å². The van der Waals surface area contributed by atoms with Crippen molar-refractivity contribution in [2.45, 2.75) is 25.6 Å². The largest absolute Gasteiger partial charge is 0.491 e. The Labute approximate surface area is 130 Å².